The summed E-state index contributed by atoms with van der Waals surface area (Å²) in [5, 5.41) is 9.37. The van der Waals surface area contributed by atoms with Crippen molar-refractivity contribution < 1.29 is 9.15 Å². The number of rotatable bonds is 5. The van der Waals surface area contributed by atoms with E-state index in [0.29, 0.717) is 12.3 Å². The van der Waals surface area contributed by atoms with E-state index in [2.05, 4.69) is 30.3 Å². The minimum Gasteiger partial charge on any atom is -0.495 e. The van der Waals surface area contributed by atoms with Gasteiger partial charge in [0.1, 0.15) is 17.1 Å². The summed E-state index contributed by atoms with van der Waals surface area (Å²) < 4.78 is 11.8. The number of nitrogens with one attached hydrogen (secondary N) is 1. The van der Waals surface area contributed by atoms with Gasteiger partial charge in [0.2, 0.25) is 0 Å². The Hall–Kier alpha value is -3.73. The van der Waals surface area contributed by atoms with Crippen LogP contribution in [0.1, 0.15) is 29.7 Å². The lowest BCUT2D eigenvalue weighted by atomic mass is 9.91. The molecule has 1 aliphatic carbocycles. The summed E-state index contributed by atoms with van der Waals surface area (Å²) in [5.74, 6) is 1.37. The molecule has 5 nitrogen and oxygen atoms in total. The van der Waals surface area contributed by atoms with Crippen molar-refractivity contribution in [1.82, 2.24) is 0 Å². The van der Waals surface area contributed by atoms with Crippen molar-refractivity contribution >= 4 is 22.6 Å². The number of methoxy groups -OCH3 is 1. The lowest BCUT2D eigenvalue weighted by molar-refractivity contribution is 0.415. The number of benzene rings is 3. The molecular weight excluding hydrogens is 398 g/mol. The van der Waals surface area contributed by atoms with E-state index in [1.807, 2.05) is 36.4 Å². The van der Waals surface area contributed by atoms with Gasteiger partial charge in [-0.1, -0.05) is 36.4 Å². The molecule has 0 atom stereocenters. The number of fused-ring (bicyclic) bond motifs is 2. The summed E-state index contributed by atoms with van der Waals surface area (Å²) in [5.41, 5.74) is 12.6. The van der Waals surface area contributed by atoms with Crippen LogP contribution in [0, 0.1) is 5.41 Å². The molecule has 162 valence electrons. The van der Waals surface area contributed by atoms with Crippen molar-refractivity contribution in [3.05, 3.63) is 83.6 Å². The Morgan fingerprint density at radius 3 is 2.44 bits per heavy atom. The second-order valence-electron chi connectivity index (χ2n) is 8.30. The third-order valence-corrected chi connectivity index (χ3v) is 6.21. The first-order valence-electron chi connectivity index (χ1n) is 11.0. The van der Waals surface area contributed by atoms with Crippen LogP contribution in [0.5, 0.6) is 5.75 Å². The van der Waals surface area contributed by atoms with Crippen LogP contribution in [0.3, 0.4) is 0 Å². The van der Waals surface area contributed by atoms with Crippen LogP contribution in [-0.4, -0.2) is 13.1 Å². The smallest absolute Gasteiger partial charge is 0.193 e. The zero-order chi connectivity index (χ0) is 22.1. The predicted octanol–water partition coefficient (Wildman–Crippen LogP) is 5.89. The Morgan fingerprint density at radius 2 is 1.72 bits per heavy atom. The van der Waals surface area contributed by atoms with Gasteiger partial charge in [0.05, 0.1) is 19.3 Å². The Kier molecular flexibility index (Phi) is 5.31. The molecule has 3 N–H and O–H groups in total. The normalized spacial score (nSPS) is 13.0. The number of hydrogen-bond acceptors (Lipinski definition) is 3. The SMILES string of the molecule is COc1ccc(-c2ccccc2)cc1N(Cc1cc2cc3c(cc2o1)CCCC3)C(=N)N. The molecule has 0 unspecified atom stereocenters. The second kappa shape index (κ2) is 8.42. The third kappa shape index (κ3) is 3.82. The van der Waals surface area contributed by atoms with Gasteiger partial charge in [0, 0.05) is 5.39 Å². The fourth-order valence-corrected chi connectivity index (χ4v) is 4.57. The third-order valence-electron chi connectivity index (χ3n) is 6.21. The van der Waals surface area contributed by atoms with E-state index in [-0.39, 0.29) is 5.96 Å². The van der Waals surface area contributed by atoms with Crippen molar-refractivity contribution in [2.45, 2.75) is 32.2 Å². The highest BCUT2D eigenvalue weighted by Gasteiger charge is 2.20. The summed E-state index contributed by atoms with van der Waals surface area (Å²) in [6, 6.07) is 22.6. The lowest BCUT2D eigenvalue weighted by Crippen LogP contribution is -2.36. The summed E-state index contributed by atoms with van der Waals surface area (Å²) in [6.07, 6.45) is 4.74. The molecule has 0 bridgehead atoms. The van der Waals surface area contributed by atoms with Gasteiger partial charge in [-0.25, -0.2) is 0 Å². The average molecular weight is 426 g/mol. The first kappa shape index (κ1) is 20.2. The molecule has 0 spiro atoms. The summed E-state index contributed by atoms with van der Waals surface area (Å²) in [6.45, 7) is 0.350. The molecule has 0 saturated heterocycles. The number of hydrogen-bond donors (Lipinski definition) is 2. The van der Waals surface area contributed by atoms with Crippen molar-refractivity contribution in [3.8, 4) is 16.9 Å². The molecule has 0 saturated carbocycles. The first-order chi connectivity index (χ1) is 15.6. The van der Waals surface area contributed by atoms with Gasteiger partial charge in [0.15, 0.2) is 5.96 Å². The summed E-state index contributed by atoms with van der Waals surface area (Å²) in [4.78, 5) is 1.73. The lowest BCUT2D eigenvalue weighted by Gasteiger charge is -2.24. The maximum absolute atomic E-state index is 8.26. The Balaban J connectivity index is 1.52. The molecule has 4 aromatic rings. The molecule has 5 heteroatoms. The quantitative estimate of drug-likeness (QED) is 0.309. The molecule has 1 aromatic heterocycles. The van der Waals surface area contributed by atoms with E-state index in [1.165, 1.54) is 24.0 Å². The maximum Gasteiger partial charge on any atom is 0.193 e. The largest absolute Gasteiger partial charge is 0.495 e. The highest BCUT2D eigenvalue weighted by molar-refractivity contribution is 5.95. The molecule has 0 amide bonds. The Morgan fingerprint density at radius 1 is 0.969 bits per heavy atom. The van der Waals surface area contributed by atoms with E-state index >= 15 is 0 Å². The molecule has 32 heavy (non-hydrogen) atoms. The van der Waals surface area contributed by atoms with Gasteiger partial charge in [-0.2, -0.15) is 0 Å². The van der Waals surface area contributed by atoms with Crippen LogP contribution in [-0.2, 0) is 19.4 Å². The first-order valence-corrected chi connectivity index (χ1v) is 11.0. The maximum atomic E-state index is 8.26. The van der Waals surface area contributed by atoms with Crippen LogP contribution in [0.2, 0.25) is 0 Å². The fraction of sp³-hybridized carbons (Fsp3) is 0.222. The zero-order valence-corrected chi connectivity index (χ0v) is 18.2. The van der Waals surface area contributed by atoms with Gasteiger partial charge in [0.25, 0.3) is 0 Å². The number of furan rings is 1. The number of aryl methyl sites for hydroxylation is 2. The van der Waals surface area contributed by atoms with Crippen LogP contribution >= 0.6 is 0 Å². The van der Waals surface area contributed by atoms with Crippen LogP contribution in [0.15, 0.2) is 71.1 Å². The molecule has 0 aliphatic heterocycles. The Labute approximate surface area is 187 Å². The topological polar surface area (TPSA) is 75.5 Å². The molecule has 3 aromatic carbocycles. The predicted molar refractivity (Wildman–Crippen MR) is 129 cm³/mol. The van der Waals surface area contributed by atoms with E-state index in [4.69, 9.17) is 20.3 Å². The highest BCUT2D eigenvalue weighted by atomic mass is 16.5. The van der Waals surface area contributed by atoms with Gasteiger partial charge in [-0.15, -0.1) is 0 Å². The monoisotopic (exact) mass is 425 g/mol. The number of nitrogens with two attached hydrogens (primary N) is 1. The zero-order valence-electron chi connectivity index (χ0n) is 18.2. The fourth-order valence-electron chi connectivity index (χ4n) is 4.57. The minimum absolute atomic E-state index is 0.0618. The van der Waals surface area contributed by atoms with Crippen molar-refractivity contribution in [2.75, 3.05) is 12.0 Å². The summed E-state index contributed by atoms with van der Waals surface area (Å²) >= 11 is 0. The van der Waals surface area contributed by atoms with Crippen molar-refractivity contribution in [3.63, 3.8) is 0 Å². The minimum atomic E-state index is -0.0618. The molecule has 1 aliphatic rings. The van der Waals surface area contributed by atoms with Gasteiger partial charge in [-0.3, -0.25) is 5.41 Å². The highest BCUT2D eigenvalue weighted by Crippen LogP contribution is 2.35. The second-order valence-corrected chi connectivity index (χ2v) is 8.30. The standard InChI is InChI=1S/C27H27N3O2/c1-31-25-12-11-21(18-7-3-2-4-8-18)15-24(25)30(27(28)29)17-23-14-22-13-19-9-5-6-10-20(19)16-26(22)32-23/h2-4,7-8,11-16H,5-6,9-10,17H2,1H3,(H3,28,29). The van der Waals surface area contributed by atoms with Gasteiger partial charge < -0.3 is 19.8 Å². The van der Waals surface area contributed by atoms with Crippen LogP contribution in [0.4, 0.5) is 5.69 Å². The number of nitrogens with zero attached hydrogens (tertiary/aromatic N) is 1. The summed E-state index contributed by atoms with van der Waals surface area (Å²) in [7, 11) is 1.63. The van der Waals surface area contributed by atoms with E-state index < -0.39 is 0 Å². The van der Waals surface area contributed by atoms with Crippen LogP contribution < -0.4 is 15.4 Å². The van der Waals surface area contributed by atoms with Crippen molar-refractivity contribution in [1.29, 1.82) is 5.41 Å². The number of anilines is 1. The Bertz CT molecular complexity index is 1230. The number of guanidine groups is 1. The molecule has 5 rings (SSSR count). The van der Waals surface area contributed by atoms with Crippen molar-refractivity contribution in [2.24, 2.45) is 5.73 Å². The molecular formula is C27H27N3O2. The van der Waals surface area contributed by atoms with Crippen LogP contribution in [0.25, 0.3) is 22.1 Å². The number of ether oxygens (including phenoxy) is 1. The van der Waals surface area contributed by atoms with Gasteiger partial charge >= 0.3 is 0 Å². The van der Waals surface area contributed by atoms with E-state index in [0.717, 1.165) is 46.4 Å². The molecule has 0 fully saturated rings. The van der Waals surface area contributed by atoms with E-state index in [1.54, 1.807) is 12.0 Å². The van der Waals surface area contributed by atoms with E-state index in [9.17, 15) is 0 Å². The molecule has 1 heterocycles. The average Bonchev–Trinajstić information content (AvgIpc) is 3.22. The molecule has 0 radical (unpaired) electrons. The van der Waals surface area contributed by atoms with Gasteiger partial charge in [-0.05, 0) is 78.3 Å².